The lowest BCUT2D eigenvalue weighted by molar-refractivity contribution is 0.0718. The van der Waals surface area contributed by atoms with Gasteiger partial charge in [-0.25, -0.2) is 4.39 Å². The molecule has 4 nitrogen and oxygen atoms in total. The Morgan fingerprint density at radius 3 is 2.38 bits per heavy atom. The van der Waals surface area contributed by atoms with Crippen LogP contribution in [0.1, 0.15) is 21.5 Å². The van der Waals surface area contributed by atoms with Crippen LogP contribution in [0, 0.1) is 12.7 Å². The minimum absolute atomic E-state index is 0.0180. The standard InChI is InChI=1S/C21H26FN3O/c1-17-2-6-19(7-3-17)21(26)25(15-14-24-12-10-23-11-13-24)16-18-4-8-20(22)9-5-18/h2-9,23H,10-16H2,1H3. The highest BCUT2D eigenvalue weighted by Crippen LogP contribution is 2.12. The molecule has 0 bridgehead atoms. The summed E-state index contributed by atoms with van der Waals surface area (Å²) in [6.45, 7) is 7.98. The van der Waals surface area contributed by atoms with Crippen LogP contribution in [0.5, 0.6) is 0 Å². The number of halogens is 1. The van der Waals surface area contributed by atoms with Gasteiger partial charge >= 0.3 is 0 Å². The van der Waals surface area contributed by atoms with Crippen molar-refractivity contribution >= 4 is 5.91 Å². The maximum atomic E-state index is 13.2. The van der Waals surface area contributed by atoms with Crippen molar-refractivity contribution in [1.82, 2.24) is 15.1 Å². The van der Waals surface area contributed by atoms with E-state index in [0.29, 0.717) is 18.7 Å². The van der Waals surface area contributed by atoms with Gasteiger partial charge in [0.1, 0.15) is 5.82 Å². The van der Waals surface area contributed by atoms with Crippen molar-refractivity contribution in [2.45, 2.75) is 13.5 Å². The van der Waals surface area contributed by atoms with E-state index in [1.807, 2.05) is 36.1 Å². The molecule has 26 heavy (non-hydrogen) atoms. The Balaban J connectivity index is 1.71. The average molecular weight is 355 g/mol. The molecule has 1 fully saturated rings. The number of hydrogen-bond donors (Lipinski definition) is 1. The molecule has 0 aliphatic carbocycles. The number of nitrogens with one attached hydrogen (secondary N) is 1. The predicted molar refractivity (Wildman–Crippen MR) is 102 cm³/mol. The lowest BCUT2D eigenvalue weighted by atomic mass is 10.1. The molecule has 3 rings (SSSR count). The highest BCUT2D eigenvalue weighted by Gasteiger charge is 2.18. The smallest absolute Gasteiger partial charge is 0.254 e. The fourth-order valence-electron chi connectivity index (χ4n) is 3.14. The number of nitrogens with zero attached hydrogens (tertiary/aromatic N) is 2. The molecule has 2 aromatic carbocycles. The molecule has 0 spiro atoms. The quantitative estimate of drug-likeness (QED) is 0.865. The fraction of sp³-hybridized carbons (Fsp3) is 0.381. The Hall–Kier alpha value is -2.24. The van der Waals surface area contributed by atoms with Gasteiger partial charge in [-0.3, -0.25) is 9.69 Å². The topological polar surface area (TPSA) is 35.6 Å². The first-order valence-electron chi connectivity index (χ1n) is 9.15. The second kappa shape index (κ2) is 8.92. The van der Waals surface area contributed by atoms with Crippen molar-refractivity contribution in [3.05, 3.63) is 71.0 Å². The van der Waals surface area contributed by atoms with Crippen LogP contribution in [0.3, 0.4) is 0 Å². The Kier molecular flexibility index (Phi) is 6.36. The van der Waals surface area contributed by atoms with E-state index in [1.165, 1.54) is 12.1 Å². The largest absolute Gasteiger partial charge is 0.333 e. The molecule has 0 aromatic heterocycles. The van der Waals surface area contributed by atoms with Crippen LogP contribution in [0.25, 0.3) is 0 Å². The second-order valence-electron chi connectivity index (χ2n) is 6.81. The summed E-state index contributed by atoms with van der Waals surface area (Å²) >= 11 is 0. The zero-order valence-corrected chi connectivity index (χ0v) is 15.2. The van der Waals surface area contributed by atoms with Crippen molar-refractivity contribution in [3.63, 3.8) is 0 Å². The van der Waals surface area contributed by atoms with Crippen LogP contribution in [0.4, 0.5) is 4.39 Å². The number of aryl methyl sites for hydroxylation is 1. The normalized spacial score (nSPS) is 15.0. The maximum absolute atomic E-state index is 13.2. The number of piperazine rings is 1. The minimum Gasteiger partial charge on any atom is -0.333 e. The summed E-state index contributed by atoms with van der Waals surface area (Å²) in [5.74, 6) is -0.240. The summed E-state index contributed by atoms with van der Waals surface area (Å²) in [5, 5.41) is 3.34. The van der Waals surface area contributed by atoms with Crippen molar-refractivity contribution in [1.29, 1.82) is 0 Å². The summed E-state index contributed by atoms with van der Waals surface area (Å²) in [6, 6.07) is 14.0. The Labute approximate surface area is 154 Å². The Morgan fingerprint density at radius 2 is 1.73 bits per heavy atom. The van der Waals surface area contributed by atoms with Gasteiger partial charge in [0.2, 0.25) is 0 Å². The molecule has 0 atom stereocenters. The van der Waals surface area contributed by atoms with E-state index in [2.05, 4.69) is 10.2 Å². The van der Waals surface area contributed by atoms with E-state index in [9.17, 15) is 9.18 Å². The zero-order valence-electron chi connectivity index (χ0n) is 15.2. The molecule has 1 aliphatic rings. The van der Waals surface area contributed by atoms with Gasteiger partial charge in [0.15, 0.2) is 0 Å². The van der Waals surface area contributed by atoms with Crippen molar-refractivity contribution < 1.29 is 9.18 Å². The zero-order chi connectivity index (χ0) is 18.4. The van der Waals surface area contributed by atoms with Gasteiger partial charge in [0.25, 0.3) is 5.91 Å². The van der Waals surface area contributed by atoms with Gasteiger partial charge < -0.3 is 10.2 Å². The molecular formula is C21H26FN3O. The van der Waals surface area contributed by atoms with E-state index in [-0.39, 0.29) is 11.7 Å². The van der Waals surface area contributed by atoms with Crippen LogP contribution in [-0.4, -0.2) is 55.0 Å². The molecule has 1 heterocycles. The van der Waals surface area contributed by atoms with Gasteiger partial charge in [-0.15, -0.1) is 0 Å². The molecular weight excluding hydrogens is 329 g/mol. The summed E-state index contributed by atoms with van der Waals surface area (Å²) in [5.41, 5.74) is 2.76. The van der Waals surface area contributed by atoms with E-state index in [1.54, 1.807) is 12.1 Å². The van der Waals surface area contributed by atoms with Gasteiger partial charge in [0, 0.05) is 51.4 Å². The number of carbonyl (C=O) groups excluding carboxylic acids is 1. The summed E-state index contributed by atoms with van der Waals surface area (Å²) in [7, 11) is 0. The molecule has 1 aliphatic heterocycles. The maximum Gasteiger partial charge on any atom is 0.254 e. The molecule has 1 saturated heterocycles. The van der Waals surface area contributed by atoms with E-state index in [0.717, 1.165) is 43.9 Å². The number of carbonyl (C=O) groups is 1. The first kappa shape index (κ1) is 18.5. The van der Waals surface area contributed by atoms with Gasteiger partial charge in [-0.1, -0.05) is 29.8 Å². The molecule has 1 N–H and O–H groups in total. The van der Waals surface area contributed by atoms with E-state index < -0.39 is 0 Å². The first-order chi connectivity index (χ1) is 12.6. The van der Waals surface area contributed by atoms with Crippen molar-refractivity contribution in [3.8, 4) is 0 Å². The van der Waals surface area contributed by atoms with Gasteiger partial charge in [-0.05, 0) is 36.8 Å². The van der Waals surface area contributed by atoms with E-state index >= 15 is 0 Å². The van der Waals surface area contributed by atoms with Crippen LogP contribution in [0.15, 0.2) is 48.5 Å². The number of benzene rings is 2. The predicted octanol–water partition coefficient (Wildman–Crippen LogP) is 2.68. The second-order valence-corrected chi connectivity index (χ2v) is 6.81. The monoisotopic (exact) mass is 355 g/mol. The third kappa shape index (κ3) is 5.13. The highest BCUT2D eigenvalue weighted by atomic mass is 19.1. The van der Waals surface area contributed by atoms with Gasteiger partial charge in [0.05, 0.1) is 0 Å². The van der Waals surface area contributed by atoms with Gasteiger partial charge in [-0.2, -0.15) is 0 Å². The minimum atomic E-state index is -0.258. The van der Waals surface area contributed by atoms with Crippen molar-refractivity contribution in [2.75, 3.05) is 39.3 Å². The summed E-state index contributed by atoms with van der Waals surface area (Å²) < 4.78 is 13.2. The third-order valence-electron chi connectivity index (χ3n) is 4.77. The number of hydrogen-bond acceptors (Lipinski definition) is 3. The summed E-state index contributed by atoms with van der Waals surface area (Å²) in [6.07, 6.45) is 0. The molecule has 0 radical (unpaired) electrons. The molecule has 2 aromatic rings. The van der Waals surface area contributed by atoms with Crippen molar-refractivity contribution in [2.24, 2.45) is 0 Å². The van der Waals surface area contributed by atoms with Crippen LogP contribution < -0.4 is 5.32 Å². The molecule has 0 unspecified atom stereocenters. The number of rotatable bonds is 6. The Bertz CT molecular complexity index is 709. The highest BCUT2D eigenvalue weighted by molar-refractivity contribution is 5.94. The molecule has 1 amide bonds. The Morgan fingerprint density at radius 1 is 1.08 bits per heavy atom. The van der Waals surface area contributed by atoms with Crippen LogP contribution in [0.2, 0.25) is 0 Å². The van der Waals surface area contributed by atoms with Crippen LogP contribution >= 0.6 is 0 Å². The fourth-order valence-corrected chi connectivity index (χ4v) is 3.14. The number of amides is 1. The molecule has 0 saturated carbocycles. The first-order valence-corrected chi connectivity index (χ1v) is 9.15. The average Bonchev–Trinajstić information content (AvgIpc) is 2.67. The lowest BCUT2D eigenvalue weighted by Crippen LogP contribution is -2.47. The molecule has 5 heteroatoms. The SMILES string of the molecule is Cc1ccc(C(=O)N(CCN2CCNCC2)Cc2ccc(F)cc2)cc1. The molecule has 138 valence electrons. The van der Waals surface area contributed by atoms with E-state index in [4.69, 9.17) is 0 Å². The lowest BCUT2D eigenvalue weighted by Gasteiger charge is -2.30. The van der Waals surface area contributed by atoms with Crippen LogP contribution in [-0.2, 0) is 6.54 Å². The summed E-state index contributed by atoms with van der Waals surface area (Å²) in [4.78, 5) is 17.3. The third-order valence-corrected chi connectivity index (χ3v) is 4.77.